The molecule has 0 fully saturated rings. The van der Waals surface area contributed by atoms with Crippen molar-refractivity contribution in [3.8, 4) is 0 Å². The molecule has 0 unspecified atom stereocenters. The van der Waals surface area contributed by atoms with Crippen LogP contribution in [-0.2, 0) is 39.1 Å². The van der Waals surface area contributed by atoms with Gasteiger partial charge < -0.3 is 25.2 Å². The van der Waals surface area contributed by atoms with Crippen molar-refractivity contribution in [2.45, 2.75) is 82.8 Å². The van der Waals surface area contributed by atoms with Gasteiger partial charge in [-0.3, -0.25) is 9.59 Å². The Morgan fingerprint density at radius 1 is 0.696 bits per heavy atom. The van der Waals surface area contributed by atoms with Gasteiger partial charge in [0.15, 0.2) is 0 Å². The summed E-state index contributed by atoms with van der Waals surface area (Å²) in [5, 5.41) is 17.8. The number of carbonyl (C=O) groups is 4. The third kappa shape index (κ3) is 23.2. The third-order valence-electron chi connectivity index (χ3n) is 4.40. The van der Waals surface area contributed by atoms with Crippen molar-refractivity contribution < 1.29 is 50.6 Å². The summed E-state index contributed by atoms with van der Waals surface area (Å²) in [5.41, 5.74) is -1.18. The van der Waals surface area contributed by atoms with Crippen LogP contribution < -0.4 is 20.5 Å². The van der Waals surface area contributed by atoms with Gasteiger partial charge in [0.05, 0.1) is 16.2 Å². The second kappa shape index (κ2) is 20.0. The summed E-state index contributed by atoms with van der Waals surface area (Å²) in [4.78, 5) is 44.1. The van der Waals surface area contributed by atoms with Crippen LogP contribution in [-0.4, -0.2) is 70.3 Å². The van der Waals surface area contributed by atoms with Crippen LogP contribution >= 0.6 is 0 Å². The van der Waals surface area contributed by atoms with Gasteiger partial charge in [0.2, 0.25) is 15.9 Å². The molecule has 2 aromatic carbocycles. The molecule has 0 aliphatic carbocycles. The Balaban J connectivity index is 0. The van der Waals surface area contributed by atoms with E-state index >= 15 is 0 Å². The summed E-state index contributed by atoms with van der Waals surface area (Å²) in [6.07, 6.45) is -1.52. The van der Waals surface area contributed by atoms with Gasteiger partial charge in [-0.1, -0.05) is 43.8 Å². The lowest BCUT2D eigenvalue weighted by Crippen LogP contribution is -2.36. The number of ether oxygens (including phenoxy) is 2. The summed E-state index contributed by atoms with van der Waals surface area (Å²) in [6.45, 7) is 10.4. The monoisotopic (exact) mass is 690 g/mol. The number of primary sulfonamides is 1. The Bertz CT molecular complexity index is 1450. The van der Waals surface area contributed by atoms with E-state index in [4.69, 9.17) is 19.7 Å². The lowest BCUT2D eigenvalue weighted by atomic mass is 10.2. The molecule has 0 aliphatic rings. The number of aliphatic carboxylic acids is 1. The molecule has 260 valence electrons. The molecule has 2 rings (SSSR count). The van der Waals surface area contributed by atoms with Gasteiger partial charge in [-0.05, 0) is 65.8 Å². The first-order chi connectivity index (χ1) is 20.5. The number of rotatable bonds is 9. The van der Waals surface area contributed by atoms with Crippen molar-refractivity contribution in [2.24, 2.45) is 5.14 Å². The smallest absolute Gasteiger partial charge is 0.407 e. The normalized spacial score (nSPS) is 11.0. The van der Waals surface area contributed by atoms with E-state index in [1.807, 2.05) is 4.72 Å². The van der Waals surface area contributed by atoms with Gasteiger partial charge >= 0.3 is 18.2 Å². The van der Waals surface area contributed by atoms with Crippen molar-refractivity contribution in [3.63, 3.8) is 0 Å². The van der Waals surface area contributed by atoms with Crippen LogP contribution in [0.15, 0.2) is 70.5 Å². The maximum absolute atomic E-state index is 11.9. The fourth-order valence-electron chi connectivity index (χ4n) is 2.65. The standard InChI is InChI=1S/C14H20N2O5S.C8H15NO4.C6H7NO2S.CH4/c1-14(2,3)21-13(18)15-10-9-12(17)16-22(19,20)11-7-5-4-6-8-11;1-8(2,3)13-7(12)9-5-4-6(10)11;7-10(8,9)6-4-2-1-3-5-6;/h4-8H,9-10H2,1-3H3,(H,15,18)(H,16,17);4-5H2,1-3H3,(H,9,12)(H,10,11);1-5H,(H2,7,8,9);1H4. The second-order valence-corrected chi connectivity index (χ2v) is 14.2. The molecule has 0 atom stereocenters. The van der Waals surface area contributed by atoms with Crippen molar-refractivity contribution in [2.75, 3.05) is 13.1 Å². The molecule has 46 heavy (non-hydrogen) atoms. The number of sulfonamides is 2. The molecule has 17 heteroatoms. The summed E-state index contributed by atoms with van der Waals surface area (Å²) in [7, 11) is -7.39. The summed E-state index contributed by atoms with van der Waals surface area (Å²) < 4.78 is 56.8. The zero-order valence-corrected chi connectivity index (χ0v) is 27.7. The van der Waals surface area contributed by atoms with Gasteiger partial charge in [-0.2, -0.15) is 0 Å². The Hall–Kier alpha value is -4.22. The predicted octanol–water partition coefficient (Wildman–Crippen LogP) is 3.36. The molecule has 2 aromatic rings. The van der Waals surface area contributed by atoms with E-state index in [1.54, 1.807) is 77.9 Å². The first-order valence-corrected chi connectivity index (χ1v) is 16.4. The van der Waals surface area contributed by atoms with E-state index in [0.717, 1.165) is 0 Å². The maximum atomic E-state index is 11.9. The van der Waals surface area contributed by atoms with Crippen LogP contribution in [0.1, 0.15) is 61.8 Å². The van der Waals surface area contributed by atoms with Gasteiger partial charge in [0.25, 0.3) is 10.0 Å². The first kappa shape index (κ1) is 43.9. The fraction of sp³-hybridized carbons (Fsp3) is 0.448. The zero-order chi connectivity index (χ0) is 34.9. The average Bonchev–Trinajstić information content (AvgIpc) is 2.87. The van der Waals surface area contributed by atoms with Crippen LogP contribution in [0.5, 0.6) is 0 Å². The predicted molar refractivity (Wildman–Crippen MR) is 172 cm³/mol. The molecule has 0 aliphatic heterocycles. The van der Waals surface area contributed by atoms with Gasteiger partial charge in [-0.25, -0.2) is 36.3 Å². The topological polar surface area (TPSA) is 237 Å². The molecule has 6 N–H and O–H groups in total. The third-order valence-corrected chi connectivity index (χ3v) is 6.72. The molecular formula is C29H46N4O11S2. The Kier molecular flexibility index (Phi) is 19.1. The lowest BCUT2D eigenvalue weighted by Gasteiger charge is -2.19. The fourth-order valence-corrected chi connectivity index (χ4v) is 4.22. The number of nitrogens with one attached hydrogen (secondary N) is 3. The Morgan fingerprint density at radius 3 is 1.39 bits per heavy atom. The number of alkyl carbamates (subject to hydrolysis) is 2. The first-order valence-electron chi connectivity index (χ1n) is 13.4. The number of nitrogens with two attached hydrogens (primary N) is 1. The molecule has 0 aromatic heterocycles. The lowest BCUT2D eigenvalue weighted by molar-refractivity contribution is -0.136. The maximum Gasteiger partial charge on any atom is 0.407 e. The number of hydrogen-bond donors (Lipinski definition) is 5. The molecular weight excluding hydrogens is 644 g/mol. The van der Waals surface area contributed by atoms with E-state index in [0.29, 0.717) is 0 Å². The number of hydrogen-bond acceptors (Lipinski definition) is 10. The highest BCUT2D eigenvalue weighted by Gasteiger charge is 2.19. The molecule has 15 nitrogen and oxygen atoms in total. The minimum atomic E-state index is -3.88. The van der Waals surface area contributed by atoms with Gasteiger partial charge in [-0.15, -0.1) is 0 Å². The number of carboxylic acid groups (broad SMARTS) is 1. The number of benzene rings is 2. The largest absolute Gasteiger partial charge is 0.481 e. The average molecular weight is 691 g/mol. The summed E-state index contributed by atoms with van der Waals surface area (Å²) >= 11 is 0. The van der Waals surface area contributed by atoms with Gasteiger partial charge in [0, 0.05) is 19.5 Å². The molecule has 0 saturated carbocycles. The highest BCUT2D eigenvalue weighted by molar-refractivity contribution is 7.90. The highest BCUT2D eigenvalue weighted by Crippen LogP contribution is 2.08. The SMILES string of the molecule is C.CC(C)(C)OC(=O)NCCC(=O)NS(=O)(=O)c1ccccc1.CC(C)(C)OC(=O)NCCC(=O)O.NS(=O)(=O)c1ccccc1. The summed E-state index contributed by atoms with van der Waals surface area (Å²) in [6, 6.07) is 15.4. The molecule has 0 radical (unpaired) electrons. The van der Waals surface area contributed by atoms with Crippen molar-refractivity contribution in [3.05, 3.63) is 60.7 Å². The van der Waals surface area contributed by atoms with Crippen LogP contribution in [0, 0.1) is 0 Å². The van der Waals surface area contributed by atoms with Crippen LogP contribution in [0.3, 0.4) is 0 Å². The minimum Gasteiger partial charge on any atom is -0.481 e. The van der Waals surface area contributed by atoms with E-state index < -0.39 is 55.3 Å². The molecule has 3 amide bonds. The van der Waals surface area contributed by atoms with Crippen molar-refractivity contribution in [1.29, 1.82) is 0 Å². The molecule has 0 saturated heterocycles. The number of carbonyl (C=O) groups excluding carboxylic acids is 3. The minimum absolute atomic E-state index is 0. The number of amides is 3. The molecule has 0 heterocycles. The Labute approximate surface area is 271 Å². The summed E-state index contributed by atoms with van der Waals surface area (Å²) in [5.74, 6) is -1.66. The van der Waals surface area contributed by atoms with Crippen molar-refractivity contribution in [1.82, 2.24) is 15.4 Å². The van der Waals surface area contributed by atoms with Crippen LogP contribution in [0.4, 0.5) is 9.59 Å². The second-order valence-electron chi connectivity index (χ2n) is 11.0. The van der Waals surface area contributed by atoms with Crippen LogP contribution in [0.25, 0.3) is 0 Å². The van der Waals surface area contributed by atoms with Crippen LogP contribution in [0.2, 0.25) is 0 Å². The quantitative estimate of drug-likeness (QED) is 0.256. The highest BCUT2D eigenvalue weighted by atomic mass is 32.2. The van der Waals surface area contributed by atoms with E-state index in [9.17, 15) is 36.0 Å². The van der Waals surface area contributed by atoms with E-state index in [-0.39, 0.29) is 43.1 Å². The van der Waals surface area contributed by atoms with E-state index in [1.165, 1.54) is 24.3 Å². The molecule has 0 spiro atoms. The Morgan fingerprint density at radius 2 is 1.07 bits per heavy atom. The van der Waals surface area contributed by atoms with Gasteiger partial charge in [0.1, 0.15) is 11.2 Å². The molecule has 0 bridgehead atoms. The zero-order valence-electron chi connectivity index (χ0n) is 26.0. The van der Waals surface area contributed by atoms with E-state index in [2.05, 4.69) is 10.6 Å². The van der Waals surface area contributed by atoms with Crippen molar-refractivity contribution >= 4 is 44.1 Å². The number of carboxylic acids is 1.